The lowest BCUT2D eigenvalue weighted by molar-refractivity contribution is -0.125. The van der Waals surface area contributed by atoms with Gasteiger partial charge in [0.05, 0.1) is 17.7 Å². The normalized spacial score (nSPS) is 24.4. The van der Waals surface area contributed by atoms with Crippen molar-refractivity contribution in [1.82, 2.24) is 5.32 Å². The maximum atomic E-state index is 11.3. The first-order valence-electron chi connectivity index (χ1n) is 4.38. The van der Waals surface area contributed by atoms with E-state index < -0.39 is 5.92 Å². The largest absolute Gasteiger partial charge is 0.326 e. The fraction of sp³-hybridized carbons (Fsp3) is 0.400. The van der Waals surface area contributed by atoms with Gasteiger partial charge in [0.2, 0.25) is 5.91 Å². The second-order valence-corrected chi connectivity index (χ2v) is 3.32. The molecule has 1 heterocycles. The van der Waals surface area contributed by atoms with Crippen molar-refractivity contribution in [3.05, 3.63) is 11.3 Å². The average molecular weight is 200 g/mol. The zero-order valence-electron chi connectivity index (χ0n) is 8.11. The lowest BCUT2D eigenvalue weighted by Gasteiger charge is -2.25. The van der Waals surface area contributed by atoms with Crippen LogP contribution in [-0.4, -0.2) is 5.91 Å². The van der Waals surface area contributed by atoms with Gasteiger partial charge in [-0.2, -0.15) is 15.8 Å². The molecule has 0 aromatic rings. The third-order valence-electron chi connectivity index (χ3n) is 2.29. The Kier molecular flexibility index (Phi) is 3.06. The number of nitrogens with one attached hydrogen (secondary N) is 1. The van der Waals surface area contributed by atoms with E-state index in [-0.39, 0.29) is 23.1 Å². The molecule has 0 aromatic carbocycles. The highest BCUT2D eigenvalue weighted by Crippen LogP contribution is 2.25. The molecule has 0 aromatic heterocycles. The van der Waals surface area contributed by atoms with E-state index in [0.29, 0.717) is 6.42 Å². The van der Waals surface area contributed by atoms with E-state index in [9.17, 15) is 4.79 Å². The lowest BCUT2D eigenvalue weighted by Crippen LogP contribution is -2.38. The fourth-order valence-corrected chi connectivity index (χ4v) is 1.42. The molecule has 2 atom stereocenters. The average Bonchev–Trinajstić information content (AvgIpc) is 2.24. The zero-order chi connectivity index (χ0) is 11.4. The molecule has 1 saturated heterocycles. The first-order chi connectivity index (χ1) is 7.13. The van der Waals surface area contributed by atoms with E-state index >= 15 is 0 Å². The summed E-state index contributed by atoms with van der Waals surface area (Å²) >= 11 is 0. The molecule has 1 N–H and O–H groups in total. The predicted octanol–water partition coefficient (Wildman–Crippen LogP) is 0.583. The van der Waals surface area contributed by atoms with Crippen LogP contribution in [0.3, 0.4) is 0 Å². The molecule has 5 heteroatoms. The first-order valence-corrected chi connectivity index (χ1v) is 4.38. The number of carbonyl (C=O) groups is 1. The van der Waals surface area contributed by atoms with E-state index in [1.165, 1.54) is 0 Å². The van der Waals surface area contributed by atoms with E-state index in [1.807, 2.05) is 6.07 Å². The minimum Gasteiger partial charge on any atom is -0.326 e. The van der Waals surface area contributed by atoms with Gasteiger partial charge in [0.1, 0.15) is 17.7 Å². The number of allylic oxidation sites excluding steroid dienone is 2. The van der Waals surface area contributed by atoms with E-state index in [1.54, 1.807) is 19.1 Å². The minimum absolute atomic E-state index is 0.144. The Morgan fingerprint density at radius 3 is 2.47 bits per heavy atom. The Labute approximate surface area is 87.2 Å². The van der Waals surface area contributed by atoms with Gasteiger partial charge in [0.25, 0.3) is 0 Å². The topological polar surface area (TPSA) is 100 Å². The van der Waals surface area contributed by atoms with Crippen molar-refractivity contribution in [2.45, 2.75) is 13.3 Å². The maximum absolute atomic E-state index is 11.3. The maximum Gasteiger partial charge on any atom is 0.227 e. The van der Waals surface area contributed by atoms with E-state index in [4.69, 9.17) is 15.8 Å². The van der Waals surface area contributed by atoms with Crippen LogP contribution in [0.2, 0.25) is 0 Å². The Hall–Kier alpha value is -2.32. The van der Waals surface area contributed by atoms with Gasteiger partial charge in [-0.15, -0.1) is 0 Å². The van der Waals surface area contributed by atoms with Gasteiger partial charge >= 0.3 is 0 Å². The molecule has 15 heavy (non-hydrogen) atoms. The number of rotatable bonds is 0. The van der Waals surface area contributed by atoms with Crippen molar-refractivity contribution in [2.24, 2.45) is 11.8 Å². The minimum atomic E-state index is -0.577. The summed E-state index contributed by atoms with van der Waals surface area (Å²) in [7, 11) is 0. The molecule has 74 valence electrons. The van der Waals surface area contributed by atoms with Crippen molar-refractivity contribution in [2.75, 3.05) is 0 Å². The van der Waals surface area contributed by atoms with Crippen molar-refractivity contribution in [3.63, 3.8) is 0 Å². The van der Waals surface area contributed by atoms with Crippen molar-refractivity contribution in [3.8, 4) is 18.2 Å². The number of nitriles is 3. The van der Waals surface area contributed by atoms with Crippen LogP contribution in [0.25, 0.3) is 0 Å². The van der Waals surface area contributed by atoms with Crippen molar-refractivity contribution >= 4 is 5.91 Å². The Bertz CT molecular complexity index is 428. The quantitative estimate of drug-likeness (QED) is 0.578. The highest BCUT2D eigenvalue weighted by molar-refractivity contribution is 5.82. The molecule has 0 spiro atoms. The van der Waals surface area contributed by atoms with Gasteiger partial charge in [0.15, 0.2) is 0 Å². The van der Waals surface area contributed by atoms with Gasteiger partial charge in [0, 0.05) is 5.92 Å². The fourth-order valence-electron chi connectivity index (χ4n) is 1.42. The van der Waals surface area contributed by atoms with Crippen LogP contribution in [0.15, 0.2) is 11.3 Å². The predicted molar refractivity (Wildman–Crippen MR) is 49.3 cm³/mol. The number of piperidine rings is 1. The molecule has 1 aliphatic heterocycles. The molecule has 1 amide bonds. The van der Waals surface area contributed by atoms with E-state index in [2.05, 4.69) is 5.32 Å². The van der Waals surface area contributed by atoms with Crippen molar-refractivity contribution in [1.29, 1.82) is 15.8 Å². The molecule has 0 saturated carbocycles. The Morgan fingerprint density at radius 1 is 1.40 bits per heavy atom. The third-order valence-corrected chi connectivity index (χ3v) is 2.29. The summed E-state index contributed by atoms with van der Waals surface area (Å²) in [6.07, 6.45) is 0.352. The zero-order valence-corrected chi connectivity index (χ0v) is 8.11. The molecular weight excluding hydrogens is 192 g/mol. The first kappa shape index (κ1) is 10.8. The second-order valence-electron chi connectivity index (χ2n) is 3.32. The smallest absolute Gasteiger partial charge is 0.227 e. The summed E-state index contributed by atoms with van der Waals surface area (Å²) in [5.74, 6) is -1.09. The van der Waals surface area contributed by atoms with Crippen LogP contribution in [0, 0.1) is 45.8 Å². The summed E-state index contributed by atoms with van der Waals surface area (Å²) in [4.78, 5) is 11.3. The number of amides is 1. The summed E-state index contributed by atoms with van der Waals surface area (Å²) in [6.45, 7) is 1.70. The van der Waals surface area contributed by atoms with Crippen LogP contribution >= 0.6 is 0 Å². The van der Waals surface area contributed by atoms with Crippen LogP contribution in [0.1, 0.15) is 13.3 Å². The summed E-state index contributed by atoms with van der Waals surface area (Å²) in [5.41, 5.74) is -0.0487. The lowest BCUT2D eigenvalue weighted by atomic mass is 9.87. The molecular formula is C10H8N4O. The van der Waals surface area contributed by atoms with Gasteiger partial charge in [-0.3, -0.25) is 4.79 Å². The molecule has 1 fully saturated rings. The van der Waals surface area contributed by atoms with Crippen LogP contribution in [-0.2, 0) is 4.79 Å². The summed E-state index contributed by atoms with van der Waals surface area (Å²) in [5, 5.41) is 28.6. The van der Waals surface area contributed by atoms with Gasteiger partial charge in [-0.25, -0.2) is 0 Å². The van der Waals surface area contributed by atoms with Crippen molar-refractivity contribution < 1.29 is 4.79 Å². The summed E-state index contributed by atoms with van der Waals surface area (Å²) in [6, 6.07) is 5.33. The summed E-state index contributed by atoms with van der Waals surface area (Å²) < 4.78 is 0. The number of carbonyl (C=O) groups excluding carboxylic acids is 1. The number of hydrogen-bond donors (Lipinski definition) is 1. The standard InChI is InChI=1S/C10H8N4O/c1-6-2-7(3-11)9(14-10(6)15)8(4-12)5-13/h6-7H,2H2,1H3,(H,14,15). The monoisotopic (exact) mass is 200 g/mol. The molecule has 0 radical (unpaired) electrons. The van der Waals surface area contributed by atoms with E-state index in [0.717, 1.165) is 0 Å². The molecule has 2 unspecified atom stereocenters. The SMILES string of the molecule is CC1CC(C#N)C(=C(C#N)C#N)NC1=O. The molecule has 0 bridgehead atoms. The van der Waals surface area contributed by atoms with Crippen LogP contribution in [0.4, 0.5) is 0 Å². The molecule has 1 aliphatic rings. The molecule has 0 aliphatic carbocycles. The van der Waals surface area contributed by atoms with Crippen LogP contribution < -0.4 is 5.32 Å². The van der Waals surface area contributed by atoms with Crippen LogP contribution in [0.5, 0.6) is 0 Å². The Balaban J connectivity index is 3.15. The third kappa shape index (κ3) is 1.95. The highest BCUT2D eigenvalue weighted by Gasteiger charge is 2.31. The molecule has 5 nitrogen and oxygen atoms in total. The Morgan fingerprint density at radius 2 is 2.00 bits per heavy atom. The number of hydrogen-bond acceptors (Lipinski definition) is 4. The van der Waals surface area contributed by atoms with Gasteiger partial charge in [-0.1, -0.05) is 6.92 Å². The molecule has 1 rings (SSSR count). The van der Waals surface area contributed by atoms with Gasteiger partial charge < -0.3 is 5.32 Å². The second kappa shape index (κ2) is 4.26. The van der Waals surface area contributed by atoms with Gasteiger partial charge in [-0.05, 0) is 6.42 Å². The highest BCUT2D eigenvalue weighted by atomic mass is 16.1. The number of nitrogens with zero attached hydrogens (tertiary/aromatic N) is 3.